The van der Waals surface area contributed by atoms with Gasteiger partial charge >= 0.3 is 0 Å². The number of aliphatic hydroxyl groups is 1. The normalized spacial score (nSPS) is 25.0. The minimum atomic E-state index is -0.466. The van der Waals surface area contributed by atoms with Gasteiger partial charge in [0.05, 0.1) is 6.61 Å². The van der Waals surface area contributed by atoms with Gasteiger partial charge < -0.3 is 15.3 Å². The van der Waals surface area contributed by atoms with Crippen molar-refractivity contribution >= 4 is 5.91 Å². The van der Waals surface area contributed by atoms with E-state index in [0.29, 0.717) is 6.54 Å². The first-order valence-corrected chi connectivity index (χ1v) is 6.40. The van der Waals surface area contributed by atoms with E-state index in [4.69, 9.17) is 0 Å². The smallest absolute Gasteiger partial charge is 0.242 e. The number of amides is 1. The quantitative estimate of drug-likeness (QED) is 0.830. The Bertz CT molecular complexity index is 394. The van der Waals surface area contributed by atoms with Crippen LogP contribution in [0.15, 0.2) is 30.3 Å². The summed E-state index contributed by atoms with van der Waals surface area (Å²) in [6.07, 6.45) is 0.912. The Kier molecular flexibility index (Phi) is 4.33. The molecule has 18 heavy (non-hydrogen) atoms. The van der Waals surface area contributed by atoms with Gasteiger partial charge in [-0.05, 0) is 18.9 Å². The summed E-state index contributed by atoms with van der Waals surface area (Å²) in [5.41, 5.74) is 1.12. The van der Waals surface area contributed by atoms with E-state index < -0.39 is 6.04 Å². The van der Waals surface area contributed by atoms with Crippen LogP contribution in [0.25, 0.3) is 0 Å². The van der Waals surface area contributed by atoms with Crippen molar-refractivity contribution in [3.05, 3.63) is 35.9 Å². The van der Waals surface area contributed by atoms with Gasteiger partial charge in [0.1, 0.15) is 6.04 Å². The number of nitrogens with one attached hydrogen (secondary N) is 1. The monoisotopic (exact) mass is 248 g/mol. The molecular weight excluding hydrogens is 228 g/mol. The predicted octanol–water partition coefficient (Wildman–Crippen LogP) is 0.758. The number of nitrogens with zero attached hydrogens (tertiary/aromatic N) is 1. The van der Waals surface area contributed by atoms with E-state index in [1.807, 2.05) is 42.2 Å². The Morgan fingerprint density at radius 3 is 2.78 bits per heavy atom. The zero-order valence-electron chi connectivity index (χ0n) is 10.7. The molecule has 0 aliphatic carbocycles. The molecular formula is C14H20N2O2. The van der Waals surface area contributed by atoms with Crippen LogP contribution in [0.1, 0.15) is 18.9 Å². The first kappa shape index (κ1) is 13.1. The van der Waals surface area contributed by atoms with Crippen LogP contribution in [0, 0.1) is 0 Å². The van der Waals surface area contributed by atoms with Crippen molar-refractivity contribution in [2.24, 2.45) is 0 Å². The maximum atomic E-state index is 12.2. The highest BCUT2D eigenvalue weighted by molar-refractivity contribution is 5.82. The van der Waals surface area contributed by atoms with Crippen molar-refractivity contribution in [2.75, 3.05) is 13.2 Å². The van der Waals surface area contributed by atoms with E-state index in [1.54, 1.807) is 0 Å². The van der Waals surface area contributed by atoms with E-state index in [-0.39, 0.29) is 18.6 Å². The maximum absolute atomic E-state index is 12.2. The number of aliphatic hydroxyl groups excluding tert-OH is 1. The Balaban J connectivity index is 2.09. The molecule has 1 aromatic rings. The maximum Gasteiger partial charge on any atom is 0.242 e. The summed E-state index contributed by atoms with van der Waals surface area (Å²) in [6.45, 7) is 3.25. The van der Waals surface area contributed by atoms with E-state index in [1.165, 1.54) is 0 Å². The van der Waals surface area contributed by atoms with Crippen LogP contribution in [0.4, 0.5) is 0 Å². The van der Waals surface area contributed by atoms with E-state index >= 15 is 0 Å². The Morgan fingerprint density at radius 2 is 2.11 bits per heavy atom. The molecule has 0 bridgehead atoms. The van der Waals surface area contributed by atoms with E-state index in [2.05, 4.69) is 5.32 Å². The van der Waals surface area contributed by atoms with Gasteiger partial charge in [0, 0.05) is 19.1 Å². The Hall–Kier alpha value is -1.39. The number of carbonyl (C=O) groups excluding carboxylic acids is 1. The molecule has 1 aromatic carbocycles. The summed E-state index contributed by atoms with van der Waals surface area (Å²) in [7, 11) is 0. The van der Waals surface area contributed by atoms with Crippen LogP contribution in [-0.2, 0) is 11.3 Å². The molecule has 0 aromatic heterocycles. The van der Waals surface area contributed by atoms with Crippen LogP contribution in [-0.4, -0.2) is 41.1 Å². The van der Waals surface area contributed by atoms with Crippen LogP contribution < -0.4 is 5.32 Å². The minimum absolute atomic E-state index is 0.00861. The number of hydrogen-bond acceptors (Lipinski definition) is 3. The van der Waals surface area contributed by atoms with Crippen molar-refractivity contribution in [2.45, 2.75) is 32.0 Å². The van der Waals surface area contributed by atoms with Gasteiger partial charge in [0.15, 0.2) is 0 Å². The van der Waals surface area contributed by atoms with Crippen molar-refractivity contribution in [1.29, 1.82) is 0 Å². The van der Waals surface area contributed by atoms with Gasteiger partial charge in [-0.3, -0.25) is 4.79 Å². The third-order valence-corrected chi connectivity index (χ3v) is 3.33. The Morgan fingerprint density at radius 1 is 1.39 bits per heavy atom. The summed E-state index contributed by atoms with van der Waals surface area (Å²) in [4.78, 5) is 14.1. The van der Waals surface area contributed by atoms with Crippen LogP contribution in [0.3, 0.4) is 0 Å². The van der Waals surface area contributed by atoms with Gasteiger partial charge in [-0.15, -0.1) is 0 Å². The molecule has 2 N–H and O–H groups in total. The zero-order chi connectivity index (χ0) is 13.0. The highest BCUT2D eigenvalue weighted by Gasteiger charge is 2.28. The molecule has 1 heterocycles. The molecule has 1 aliphatic rings. The molecule has 1 fully saturated rings. The van der Waals surface area contributed by atoms with Gasteiger partial charge in [-0.2, -0.15) is 0 Å². The lowest BCUT2D eigenvalue weighted by molar-refractivity contribution is -0.134. The molecule has 1 amide bonds. The SMILES string of the molecule is CC1CCN(Cc2ccccc2)C(=O)C(CO)N1. The van der Waals surface area contributed by atoms with Gasteiger partial charge in [-0.1, -0.05) is 30.3 Å². The third-order valence-electron chi connectivity index (χ3n) is 3.33. The standard InChI is InChI=1S/C14H20N2O2/c1-11-7-8-16(14(18)13(10-17)15-11)9-12-5-3-2-4-6-12/h2-6,11,13,15,17H,7-10H2,1H3. The molecule has 0 saturated carbocycles. The highest BCUT2D eigenvalue weighted by Crippen LogP contribution is 2.11. The molecule has 98 valence electrons. The van der Waals surface area contributed by atoms with Gasteiger partial charge in [0.25, 0.3) is 0 Å². The van der Waals surface area contributed by atoms with Crippen molar-refractivity contribution in [1.82, 2.24) is 10.2 Å². The molecule has 0 radical (unpaired) electrons. The lowest BCUT2D eigenvalue weighted by Gasteiger charge is -2.23. The molecule has 4 heteroatoms. The molecule has 4 nitrogen and oxygen atoms in total. The fourth-order valence-corrected chi connectivity index (χ4v) is 2.27. The lowest BCUT2D eigenvalue weighted by atomic mass is 10.2. The van der Waals surface area contributed by atoms with Crippen LogP contribution >= 0.6 is 0 Å². The summed E-state index contributed by atoms with van der Waals surface area (Å²) in [5.74, 6) is -0.00861. The Labute approximate surface area is 108 Å². The second kappa shape index (κ2) is 5.98. The summed E-state index contributed by atoms with van der Waals surface area (Å²) in [6, 6.07) is 9.74. The largest absolute Gasteiger partial charge is 0.394 e. The average molecular weight is 248 g/mol. The predicted molar refractivity (Wildman–Crippen MR) is 69.9 cm³/mol. The van der Waals surface area contributed by atoms with E-state index in [0.717, 1.165) is 18.5 Å². The fourth-order valence-electron chi connectivity index (χ4n) is 2.27. The third kappa shape index (κ3) is 3.09. The number of benzene rings is 1. The fraction of sp³-hybridized carbons (Fsp3) is 0.500. The van der Waals surface area contributed by atoms with E-state index in [9.17, 15) is 9.90 Å². The van der Waals surface area contributed by atoms with Gasteiger partial charge in [-0.25, -0.2) is 0 Å². The molecule has 2 rings (SSSR count). The zero-order valence-corrected chi connectivity index (χ0v) is 10.7. The van der Waals surface area contributed by atoms with Crippen molar-refractivity contribution < 1.29 is 9.90 Å². The van der Waals surface area contributed by atoms with Crippen molar-refractivity contribution in [3.63, 3.8) is 0 Å². The summed E-state index contributed by atoms with van der Waals surface area (Å²) < 4.78 is 0. The second-order valence-corrected chi connectivity index (χ2v) is 4.84. The summed E-state index contributed by atoms with van der Waals surface area (Å²) >= 11 is 0. The number of rotatable bonds is 3. The topological polar surface area (TPSA) is 52.6 Å². The van der Waals surface area contributed by atoms with Crippen LogP contribution in [0.2, 0.25) is 0 Å². The average Bonchev–Trinajstić information content (AvgIpc) is 2.53. The molecule has 1 saturated heterocycles. The van der Waals surface area contributed by atoms with Gasteiger partial charge in [0.2, 0.25) is 5.91 Å². The summed E-state index contributed by atoms with van der Waals surface area (Å²) in [5, 5.41) is 12.4. The molecule has 0 spiro atoms. The lowest BCUT2D eigenvalue weighted by Crippen LogP contribution is -2.47. The minimum Gasteiger partial charge on any atom is -0.394 e. The number of hydrogen-bond donors (Lipinski definition) is 2. The first-order chi connectivity index (χ1) is 8.70. The number of carbonyl (C=O) groups is 1. The first-order valence-electron chi connectivity index (χ1n) is 6.40. The van der Waals surface area contributed by atoms with Crippen LogP contribution in [0.5, 0.6) is 0 Å². The molecule has 1 aliphatic heterocycles. The molecule has 2 unspecified atom stereocenters. The van der Waals surface area contributed by atoms with Crippen molar-refractivity contribution in [3.8, 4) is 0 Å². The molecule has 2 atom stereocenters. The second-order valence-electron chi connectivity index (χ2n) is 4.84. The highest BCUT2D eigenvalue weighted by atomic mass is 16.3.